The highest BCUT2D eigenvalue weighted by molar-refractivity contribution is 9.09. The lowest BCUT2D eigenvalue weighted by Crippen LogP contribution is -2.29. The van der Waals surface area contributed by atoms with Gasteiger partial charge in [0, 0.05) is 21.3 Å². The van der Waals surface area contributed by atoms with Crippen LogP contribution in [0.4, 0.5) is 0 Å². The van der Waals surface area contributed by atoms with E-state index in [1.54, 1.807) is 5.56 Å². The van der Waals surface area contributed by atoms with Crippen LogP contribution in [0.3, 0.4) is 0 Å². The lowest BCUT2D eigenvalue weighted by Gasteiger charge is -2.34. The average molecular weight is 406 g/mol. The van der Waals surface area contributed by atoms with Crippen LogP contribution in [0.25, 0.3) is 0 Å². The SMILES string of the molecule is CC(C)CC(CBr)(CBr)CC1CSc2ccccc21. The van der Waals surface area contributed by atoms with Gasteiger partial charge < -0.3 is 0 Å². The fourth-order valence-electron chi connectivity index (χ4n) is 3.12. The van der Waals surface area contributed by atoms with Gasteiger partial charge in [0.1, 0.15) is 0 Å². The largest absolute Gasteiger partial charge is 0.125 e. The van der Waals surface area contributed by atoms with E-state index in [-0.39, 0.29) is 0 Å². The molecule has 0 bridgehead atoms. The second-order valence-electron chi connectivity index (χ2n) is 6.12. The molecule has 19 heavy (non-hydrogen) atoms. The molecule has 1 aliphatic rings. The van der Waals surface area contributed by atoms with Gasteiger partial charge in [0.25, 0.3) is 0 Å². The summed E-state index contributed by atoms with van der Waals surface area (Å²) in [7, 11) is 0. The molecule has 1 aromatic carbocycles. The summed E-state index contributed by atoms with van der Waals surface area (Å²) in [5, 5.41) is 2.18. The molecule has 0 saturated carbocycles. The molecule has 106 valence electrons. The molecule has 3 heteroatoms. The first-order valence-electron chi connectivity index (χ1n) is 6.94. The fourth-order valence-corrected chi connectivity index (χ4v) is 6.22. The summed E-state index contributed by atoms with van der Waals surface area (Å²) in [6.45, 7) is 4.66. The molecule has 0 fully saturated rings. The summed E-state index contributed by atoms with van der Waals surface area (Å²) in [6, 6.07) is 8.93. The van der Waals surface area contributed by atoms with E-state index in [1.165, 1.54) is 23.5 Å². The zero-order valence-electron chi connectivity index (χ0n) is 11.7. The Kier molecular flexibility index (Phi) is 5.86. The van der Waals surface area contributed by atoms with Crippen molar-refractivity contribution in [3.8, 4) is 0 Å². The molecule has 0 N–H and O–H groups in total. The smallest absolute Gasteiger partial charge is 0.0107 e. The van der Waals surface area contributed by atoms with Crippen LogP contribution in [0.2, 0.25) is 0 Å². The van der Waals surface area contributed by atoms with Crippen molar-refractivity contribution in [3.05, 3.63) is 29.8 Å². The number of alkyl halides is 2. The number of thioether (sulfide) groups is 1. The molecule has 1 atom stereocenters. The average Bonchev–Trinajstić information content (AvgIpc) is 2.81. The first-order chi connectivity index (χ1) is 9.10. The van der Waals surface area contributed by atoms with E-state index in [0.717, 1.165) is 22.5 Å². The van der Waals surface area contributed by atoms with Crippen molar-refractivity contribution >= 4 is 43.6 Å². The Balaban J connectivity index is 2.15. The maximum atomic E-state index is 3.77. The highest BCUT2D eigenvalue weighted by Crippen LogP contribution is 2.47. The third-order valence-electron chi connectivity index (χ3n) is 3.89. The van der Waals surface area contributed by atoms with E-state index in [9.17, 15) is 0 Å². The number of fused-ring (bicyclic) bond motifs is 1. The molecule has 0 aliphatic carbocycles. The number of rotatable bonds is 6. The molecule has 0 radical (unpaired) electrons. The summed E-state index contributed by atoms with van der Waals surface area (Å²) in [5.41, 5.74) is 1.96. The summed E-state index contributed by atoms with van der Waals surface area (Å²) < 4.78 is 0. The van der Waals surface area contributed by atoms with Gasteiger partial charge in [-0.05, 0) is 41.7 Å². The number of halogens is 2. The molecule has 1 unspecified atom stereocenters. The van der Waals surface area contributed by atoms with E-state index in [1.807, 2.05) is 11.8 Å². The Hall–Kier alpha value is 0.530. The van der Waals surface area contributed by atoms with Crippen LogP contribution < -0.4 is 0 Å². The van der Waals surface area contributed by atoms with Crippen molar-refractivity contribution in [1.82, 2.24) is 0 Å². The van der Waals surface area contributed by atoms with E-state index in [0.29, 0.717) is 5.41 Å². The van der Waals surface area contributed by atoms with Gasteiger partial charge in [-0.2, -0.15) is 0 Å². The third-order valence-corrected chi connectivity index (χ3v) is 7.52. The first-order valence-corrected chi connectivity index (χ1v) is 10.2. The maximum absolute atomic E-state index is 3.77. The van der Waals surface area contributed by atoms with Crippen LogP contribution in [0.1, 0.15) is 38.2 Å². The number of hydrogen-bond acceptors (Lipinski definition) is 1. The van der Waals surface area contributed by atoms with Crippen molar-refractivity contribution in [1.29, 1.82) is 0 Å². The second-order valence-corrected chi connectivity index (χ2v) is 8.30. The third kappa shape index (κ3) is 3.79. The second kappa shape index (κ2) is 7.00. The van der Waals surface area contributed by atoms with Crippen molar-refractivity contribution in [2.45, 2.75) is 37.5 Å². The summed E-state index contributed by atoms with van der Waals surface area (Å²) in [6.07, 6.45) is 2.57. The molecule has 0 nitrogen and oxygen atoms in total. The normalized spacial score (nSPS) is 18.9. The quantitative estimate of drug-likeness (QED) is 0.516. The summed E-state index contributed by atoms with van der Waals surface area (Å²) in [5.74, 6) is 2.72. The molecule has 1 aromatic rings. The van der Waals surface area contributed by atoms with Crippen LogP contribution in [-0.2, 0) is 0 Å². The lowest BCUT2D eigenvalue weighted by atomic mass is 9.75. The minimum atomic E-state index is 0.386. The first kappa shape index (κ1) is 15.9. The standard InChI is InChI=1S/C16H22Br2S/c1-12(2)7-16(10-17,11-18)8-13-9-19-15-6-4-3-5-14(13)15/h3-6,12-13H,7-11H2,1-2H3. The van der Waals surface area contributed by atoms with Crippen molar-refractivity contribution in [2.75, 3.05) is 16.4 Å². The van der Waals surface area contributed by atoms with Crippen molar-refractivity contribution in [2.24, 2.45) is 11.3 Å². The summed E-state index contributed by atoms with van der Waals surface area (Å²) >= 11 is 9.57. The Morgan fingerprint density at radius 2 is 1.95 bits per heavy atom. The Bertz CT molecular complexity index is 413. The number of benzene rings is 1. The predicted molar refractivity (Wildman–Crippen MR) is 94.0 cm³/mol. The zero-order chi connectivity index (χ0) is 13.9. The van der Waals surface area contributed by atoms with Crippen molar-refractivity contribution in [3.63, 3.8) is 0 Å². The Labute approximate surface area is 138 Å². The molecule has 0 aromatic heterocycles. The molecular formula is C16H22Br2S. The highest BCUT2D eigenvalue weighted by Gasteiger charge is 2.35. The fraction of sp³-hybridized carbons (Fsp3) is 0.625. The molecule has 0 saturated heterocycles. The van der Waals surface area contributed by atoms with Crippen molar-refractivity contribution < 1.29 is 0 Å². The van der Waals surface area contributed by atoms with Gasteiger partial charge in [-0.25, -0.2) is 0 Å². The van der Waals surface area contributed by atoms with E-state index >= 15 is 0 Å². The minimum absolute atomic E-state index is 0.386. The molecular weight excluding hydrogens is 384 g/mol. The maximum Gasteiger partial charge on any atom is 0.0107 e. The molecule has 1 aliphatic heterocycles. The topological polar surface area (TPSA) is 0 Å². The minimum Gasteiger partial charge on any atom is -0.125 e. The van der Waals surface area contributed by atoms with Crippen LogP contribution in [0, 0.1) is 11.3 Å². The Morgan fingerprint density at radius 3 is 2.58 bits per heavy atom. The van der Waals surface area contributed by atoms with Gasteiger partial charge in [0.2, 0.25) is 0 Å². The van der Waals surface area contributed by atoms with Gasteiger partial charge in [-0.15, -0.1) is 11.8 Å². The van der Waals surface area contributed by atoms with Gasteiger partial charge in [0.05, 0.1) is 0 Å². The van der Waals surface area contributed by atoms with Gasteiger partial charge in [-0.1, -0.05) is 63.9 Å². The van der Waals surface area contributed by atoms with Gasteiger partial charge in [-0.3, -0.25) is 0 Å². The lowest BCUT2D eigenvalue weighted by molar-refractivity contribution is 0.269. The van der Waals surface area contributed by atoms with E-state index in [4.69, 9.17) is 0 Å². The van der Waals surface area contributed by atoms with Crippen LogP contribution in [0.15, 0.2) is 29.2 Å². The highest BCUT2D eigenvalue weighted by atomic mass is 79.9. The molecule has 2 rings (SSSR count). The van der Waals surface area contributed by atoms with E-state index < -0.39 is 0 Å². The monoisotopic (exact) mass is 404 g/mol. The van der Waals surface area contributed by atoms with Crippen LogP contribution in [-0.4, -0.2) is 16.4 Å². The van der Waals surface area contributed by atoms with Crippen LogP contribution >= 0.6 is 43.6 Å². The molecule has 0 amide bonds. The predicted octanol–water partition coefficient (Wildman–Crippen LogP) is 6.09. The number of hydrogen-bond donors (Lipinski definition) is 0. The van der Waals surface area contributed by atoms with E-state index in [2.05, 4.69) is 70.0 Å². The van der Waals surface area contributed by atoms with Crippen LogP contribution in [0.5, 0.6) is 0 Å². The zero-order valence-corrected chi connectivity index (χ0v) is 15.7. The van der Waals surface area contributed by atoms with Gasteiger partial charge >= 0.3 is 0 Å². The Morgan fingerprint density at radius 1 is 1.26 bits per heavy atom. The molecule has 0 spiro atoms. The van der Waals surface area contributed by atoms with Gasteiger partial charge in [0.15, 0.2) is 0 Å². The summed E-state index contributed by atoms with van der Waals surface area (Å²) in [4.78, 5) is 1.50. The molecule has 1 heterocycles.